The first-order chi connectivity index (χ1) is 14.4. The number of carbonyl (C=O) groups is 4. The number of carboxylic acid groups (broad SMARTS) is 1. The number of hydrogen-bond donors (Lipinski definition) is 4. The van der Waals surface area contributed by atoms with Crippen LogP contribution in [0.25, 0.3) is 10.9 Å². The molecule has 4 rings (SSSR count). The molecule has 3 amide bonds. The number of carbonyl (C=O) groups excluding carboxylic acids is 3. The Balaban J connectivity index is 1.58. The Labute approximate surface area is 172 Å². The SMILES string of the molecule is O=C1CC[C@@H](C(=O)N[C@@H](Cc2c[nH]c3ccccc23)C(=O)N2CCC[C@H]2C(=O)O)N1. The van der Waals surface area contributed by atoms with Gasteiger partial charge in [-0.05, 0) is 30.9 Å². The maximum Gasteiger partial charge on any atom is 0.326 e. The van der Waals surface area contributed by atoms with Crippen LogP contribution >= 0.6 is 0 Å². The predicted molar refractivity (Wildman–Crippen MR) is 107 cm³/mol. The summed E-state index contributed by atoms with van der Waals surface area (Å²) in [6.07, 6.45) is 3.67. The number of rotatable bonds is 6. The Morgan fingerprint density at radius 2 is 2.03 bits per heavy atom. The molecule has 3 heterocycles. The quantitative estimate of drug-likeness (QED) is 0.550. The lowest BCUT2D eigenvalue weighted by molar-refractivity contribution is -0.149. The van der Waals surface area contributed by atoms with E-state index in [1.54, 1.807) is 6.20 Å². The highest BCUT2D eigenvalue weighted by molar-refractivity contribution is 5.95. The molecular formula is C21H24N4O5. The third kappa shape index (κ3) is 3.87. The molecule has 0 radical (unpaired) electrons. The second kappa shape index (κ2) is 8.17. The van der Waals surface area contributed by atoms with E-state index in [0.717, 1.165) is 16.5 Å². The maximum atomic E-state index is 13.3. The molecule has 158 valence electrons. The number of fused-ring (bicyclic) bond motifs is 1. The number of amides is 3. The van der Waals surface area contributed by atoms with E-state index in [4.69, 9.17) is 0 Å². The van der Waals surface area contributed by atoms with Crippen LogP contribution in [0.1, 0.15) is 31.2 Å². The van der Waals surface area contributed by atoms with Crippen LogP contribution in [-0.4, -0.2) is 63.4 Å². The third-order valence-electron chi connectivity index (χ3n) is 5.85. The van der Waals surface area contributed by atoms with Crippen LogP contribution < -0.4 is 10.6 Å². The molecule has 0 saturated carbocycles. The van der Waals surface area contributed by atoms with Crippen molar-refractivity contribution < 1.29 is 24.3 Å². The van der Waals surface area contributed by atoms with Crippen molar-refractivity contribution in [1.82, 2.24) is 20.5 Å². The van der Waals surface area contributed by atoms with Crippen molar-refractivity contribution in [2.24, 2.45) is 0 Å². The van der Waals surface area contributed by atoms with Gasteiger partial charge in [0.05, 0.1) is 0 Å². The highest BCUT2D eigenvalue weighted by Gasteiger charge is 2.39. The maximum absolute atomic E-state index is 13.3. The average molecular weight is 412 g/mol. The van der Waals surface area contributed by atoms with E-state index in [1.807, 2.05) is 24.3 Å². The molecule has 9 heteroatoms. The number of carboxylic acids is 1. The fourth-order valence-corrected chi connectivity index (χ4v) is 4.29. The molecule has 1 aromatic carbocycles. The van der Waals surface area contributed by atoms with Crippen molar-refractivity contribution in [1.29, 1.82) is 0 Å². The Kier molecular flexibility index (Phi) is 5.43. The van der Waals surface area contributed by atoms with Crippen molar-refractivity contribution in [2.75, 3.05) is 6.54 Å². The number of hydrogen-bond acceptors (Lipinski definition) is 4. The Bertz CT molecular complexity index is 1000. The molecule has 2 aromatic rings. The molecule has 0 unspecified atom stereocenters. The van der Waals surface area contributed by atoms with E-state index >= 15 is 0 Å². The average Bonchev–Trinajstić information content (AvgIpc) is 3.46. The van der Waals surface area contributed by atoms with E-state index < -0.39 is 35.9 Å². The van der Waals surface area contributed by atoms with Crippen LogP contribution in [0.4, 0.5) is 0 Å². The normalized spacial score (nSPS) is 22.1. The lowest BCUT2D eigenvalue weighted by Crippen LogP contribution is -2.55. The first-order valence-corrected chi connectivity index (χ1v) is 10.1. The first-order valence-electron chi connectivity index (χ1n) is 10.1. The summed E-state index contributed by atoms with van der Waals surface area (Å²) >= 11 is 0. The number of H-pyrrole nitrogens is 1. The smallest absolute Gasteiger partial charge is 0.326 e. The van der Waals surface area contributed by atoms with Gasteiger partial charge in [0.25, 0.3) is 0 Å². The highest BCUT2D eigenvalue weighted by atomic mass is 16.4. The molecule has 0 aliphatic carbocycles. The van der Waals surface area contributed by atoms with Crippen LogP contribution in [0.15, 0.2) is 30.5 Å². The Hall–Kier alpha value is -3.36. The predicted octanol–water partition coefficient (Wildman–Crippen LogP) is 0.549. The third-order valence-corrected chi connectivity index (χ3v) is 5.85. The molecular weight excluding hydrogens is 388 g/mol. The summed E-state index contributed by atoms with van der Waals surface area (Å²) < 4.78 is 0. The standard InChI is InChI=1S/C21H24N4O5/c26-18-8-7-15(23-18)19(27)24-16(20(28)25-9-3-6-17(25)21(29)30)10-12-11-22-14-5-2-1-4-13(12)14/h1-2,4-5,11,15-17,22H,3,6-10H2,(H,23,26)(H,24,27)(H,29,30)/t15-,16-,17-/m0/s1. The van der Waals surface area contributed by atoms with E-state index in [0.29, 0.717) is 25.8 Å². The fourth-order valence-electron chi connectivity index (χ4n) is 4.29. The van der Waals surface area contributed by atoms with Gasteiger partial charge in [-0.1, -0.05) is 18.2 Å². The molecule has 4 N–H and O–H groups in total. The van der Waals surface area contributed by atoms with E-state index in [1.165, 1.54) is 4.90 Å². The lowest BCUT2D eigenvalue weighted by atomic mass is 10.0. The van der Waals surface area contributed by atoms with Gasteiger partial charge in [-0.2, -0.15) is 0 Å². The molecule has 2 fully saturated rings. The summed E-state index contributed by atoms with van der Waals surface area (Å²) in [6, 6.07) is 5.16. The van der Waals surface area contributed by atoms with Gasteiger partial charge in [0.1, 0.15) is 18.1 Å². The molecule has 9 nitrogen and oxygen atoms in total. The number of nitrogens with zero attached hydrogens (tertiary/aromatic N) is 1. The number of aliphatic carboxylic acids is 1. The molecule has 0 spiro atoms. The number of para-hydroxylation sites is 1. The van der Waals surface area contributed by atoms with Crippen LogP contribution in [0, 0.1) is 0 Å². The molecule has 1 aromatic heterocycles. The molecule has 30 heavy (non-hydrogen) atoms. The first kappa shape index (κ1) is 19.9. The topological polar surface area (TPSA) is 132 Å². The van der Waals surface area contributed by atoms with Crippen LogP contribution in [0.3, 0.4) is 0 Å². The van der Waals surface area contributed by atoms with Crippen molar-refractivity contribution in [3.8, 4) is 0 Å². The summed E-state index contributed by atoms with van der Waals surface area (Å²) in [6.45, 7) is 0.343. The fraction of sp³-hybridized carbons (Fsp3) is 0.429. The summed E-state index contributed by atoms with van der Waals surface area (Å²) in [5.74, 6) is -2.07. The highest BCUT2D eigenvalue weighted by Crippen LogP contribution is 2.23. The zero-order valence-corrected chi connectivity index (χ0v) is 16.4. The summed E-state index contributed by atoms with van der Waals surface area (Å²) in [5.41, 5.74) is 1.77. The van der Waals surface area contributed by atoms with E-state index in [-0.39, 0.29) is 18.7 Å². The number of aromatic nitrogens is 1. The molecule has 2 saturated heterocycles. The second-order valence-corrected chi connectivity index (χ2v) is 7.81. The monoisotopic (exact) mass is 412 g/mol. The van der Waals surface area contributed by atoms with Gasteiger partial charge in [-0.25, -0.2) is 4.79 Å². The van der Waals surface area contributed by atoms with Gasteiger partial charge < -0.3 is 25.6 Å². The van der Waals surface area contributed by atoms with Crippen LogP contribution in [-0.2, 0) is 25.6 Å². The summed E-state index contributed by atoms with van der Waals surface area (Å²) in [4.78, 5) is 53.5. The molecule has 2 aliphatic rings. The van der Waals surface area contributed by atoms with Crippen molar-refractivity contribution in [3.05, 3.63) is 36.0 Å². The summed E-state index contributed by atoms with van der Waals surface area (Å²) in [5, 5.41) is 15.8. The van der Waals surface area contributed by atoms with E-state index in [9.17, 15) is 24.3 Å². The number of nitrogens with one attached hydrogen (secondary N) is 3. The Morgan fingerprint density at radius 3 is 2.77 bits per heavy atom. The number of aromatic amines is 1. The van der Waals surface area contributed by atoms with Crippen LogP contribution in [0.2, 0.25) is 0 Å². The van der Waals surface area contributed by atoms with Gasteiger partial charge >= 0.3 is 5.97 Å². The molecule has 2 aliphatic heterocycles. The van der Waals surface area contributed by atoms with Gasteiger partial charge in [0.2, 0.25) is 17.7 Å². The van der Waals surface area contributed by atoms with Crippen molar-refractivity contribution >= 4 is 34.6 Å². The number of likely N-dealkylation sites (tertiary alicyclic amines) is 1. The zero-order chi connectivity index (χ0) is 21.3. The minimum absolute atomic E-state index is 0.194. The zero-order valence-electron chi connectivity index (χ0n) is 16.4. The van der Waals surface area contributed by atoms with Gasteiger partial charge in [-0.3, -0.25) is 14.4 Å². The van der Waals surface area contributed by atoms with E-state index in [2.05, 4.69) is 15.6 Å². The van der Waals surface area contributed by atoms with Crippen molar-refractivity contribution in [2.45, 2.75) is 50.2 Å². The minimum atomic E-state index is -1.04. The van der Waals surface area contributed by atoms with Crippen molar-refractivity contribution in [3.63, 3.8) is 0 Å². The summed E-state index contributed by atoms with van der Waals surface area (Å²) in [7, 11) is 0. The van der Waals surface area contributed by atoms with Gasteiger partial charge in [0.15, 0.2) is 0 Å². The Morgan fingerprint density at radius 1 is 1.23 bits per heavy atom. The largest absolute Gasteiger partial charge is 0.480 e. The minimum Gasteiger partial charge on any atom is -0.480 e. The number of benzene rings is 1. The second-order valence-electron chi connectivity index (χ2n) is 7.81. The van der Waals surface area contributed by atoms with Crippen LogP contribution in [0.5, 0.6) is 0 Å². The van der Waals surface area contributed by atoms with Gasteiger partial charge in [0, 0.05) is 36.5 Å². The molecule has 3 atom stereocenters. The van der Waals surface area contributed by atoms with Gasteiger partial charge in [-0.15, -0.1) is 0 Å². The lowest BCUT2D eigenvalue weighted by Gasteiger charge is -2.28. The molecule has 0 bridgehead atoms.